The summed E-state index contributed by atoms with van der Waals surface area (Å²) in [6.07, 6.45) is 8.57. The Morgan fingerprint density at radius 2 is 0.841 bits per heavy atom. The van der Waals surface area contributed by atoms with Crippen molar-refractivity contribution in [3.8, 4) is 11.5 Å². The number of hydrogen-bond acceptors (Lipinski definition) is 6. The molecule has 8 heteroatoms. The van der Waals surface area contributed by atoms with Crippen LogP contribution in [0.4, 0.5) is 11.4 Å². The fraction of sp³-hybridized carbons (Fsp3) is 0.279. The van der Waals surface area contributed by atoms with Crippen molar-refractivity contribution in [2.45, 2.75) is 105 Å². The Morgan fingerprint density at radius 3 is 1.28 bits per heavy atom. The lowest BCUT2D eigenvalue weighted by Gasteiger charge is -2.29. The highest BCUT2D eigenvalue weighted by Crippen LogP contribution is 2.46. The van der Waals surface area contributed by atoms with Crippen molar-refractivity contribution >= 4 is 79.5 Å². The lowest BCUT2D eigenvalue weighted by molar-refractivity contribution is 0.0909. The number of phenols is 2. The molecule has 2 unspecified atom stereocenters. The van der Waals surface area contributed by atoms with Gasteiger partial charge in [-0.25, -0.2) is 9.80 Å². The molecular weight excluding hydrogens is 857 g/mol. The Balaban J connectivity index is 0.922. The van der Waals surface area contributed by atoms with Crippen LogP contribution >= 0.6 is 0 Å². The quantitative estimate of drug-likeness (QED) is 0.127. The molecule has 2 aliphatic carbocycles. The van der Waals surface area contributed by atoms with Crippen molar-refractivity contribution in [1.29, 1.82) is 0 Å². The van der Waals surface area contributed by atoms with Crippen molar-refractivity contribution in [3.63, 3.8) is 0 Å². The van der Waals surface area contributed by atoms with Gasteiger partial charge in [-0.3, -0.25) is 19.2 Å². The monoisotopic (exact) mass is 912 g/mol. The van der Waals surface area contributed by atoms with Gasteiger partial charge in [0.25, 0.3) is 23.6 Å². The van der Waals surface area contributed by atoms with Gasteiger partial charge in [-0.05, 0) is 192 Å². The van der Waals surface area contributed by atoms with E-state index in [1.165, 1.54) is 26.5 Å². The van der Waals surface area contributed by atoms with Crippen LogP contribution in [0, 0.1) is 5.92 Å². The summed E-state index contributed by atoms with van der Waals surface area (Å²) < 4.78 is 0. The summed E-state index contributed by atoms with van der Waals surface area (Å²) in [7, 11) is 0. The van der Waals surface area contributed by atoms with Crippen LogP contribution in [0.25, 0.3) is 44.5 Å². The number of benzene rings is 7. The summed E-state index contributed by atoms with van der Waals surface area (Å²) in [6, 6.07) is 27.3. The van der Waals surface area contributed by atoms with E-state index in [1.54, 1.807) is 24.3 Å². The summed E-state index contributed by atoms with van der Waals surface area (Å²) in [4.78, 5) is 59.9. The molecule has 7 aromatic carbocycles. The number of allylic oxidation sites excluding steroid dienone is 2. The molecule has 11 rings (SSSR count). The van der Waals surface area contributed by atoms with Crippen molar-refractivity contribution in [1.82, 2.24) is 0 Å². The van der Waals surface area contributed by atoms with E-state index in [9.17, 15) is 29.4 Å². The molecule has 69 heavy (non-hydrogen) atoms. The Bertz CT molecular complexity index is 3490. The van der Waals surface area contributed by atoms with E-state index in [0.717, 1.165) is 78.5 Å². The molecule has 2 aliphatic heterocycles. The lowest BCUT2D eigenvalue weighted by atomic mass is 9.75. The van der Waals surface area contributed by atoms with Gasteiger partial charge in [0.2, 0.25) is 0 Å². The molecule has 8 nitrogen and oxygen atoms in total. The highest BCUT2D eigenvalue weighted by Gasteiger charge is 2.42. The van der Waals surface area contributed by atoms with E-state index in [4.69, 9.17) is 0 Å². The van der Waals surface area contributed by atoms with E-state index >= 15 is 0 Å². The number of aromatic hydroxyl groups is 2. The number of carbonyl (C=O) groups excluding carboxylic acids is 4. The van der Waals surface area contributed by atoms with E-state index in [2.05, 4.69) is 61.5 Å². The molecule has 0 aromatic heterocycles. The second kappa shape index (κ2) is 15.9. The molecule has 0 bridgehead atoms. The van der Waals surface area contributed by atoms with Crippen molar-refractivity contribution in [2.24, 2.45) is 5.92 Å². The standard InChI is InChI=1S/C61H56N2O6/c1-29(2)47-25-45(64)26-48(30(3)4)56(47)62-58(66)52-21-41-16-37-13-34-10-11-35-14-38-17-42-22-53-55(61(69)63(59(53)67)57-49(31(5)6)27-46(65)28-50(57)32(7)8)24-44(42)19-40(38)20-51(35)33(9)12-36(34)15-39(37)18-43(41)23-54(52)60(62)68/h10-11,14-34,64-65H,12-13H2,1-9H3/b11-10-. The van der Waals surface area contributed by atoms with Crippen LogP contribution in [-0.2, 0) is 6.42 Å². The minimum absolute atomic E-state index is 0.0284. The third-order valence-electron chi connectivity index (χ3n) is 15.2. The topological polar surface area (TPSA) is 115 Å². The van der Waals surface area contributed by atoms with Gasteiger partial charge < -0.3 is 10.2 Å². The number of rotatable bonds is 6. The zero-order chi connectivity index (χ0) is 48.6. The zero-order valence-corrected chi connectivity index (χ0v) is 40.6. The van der Waals surface area contributed by atoms with Crippen LogP contribution in [-0.4, -0.2) is 33.8 Å². The molecule has 346 valence electrons. The Labute approximate surface area is 402 Å². The smallest absolute Gasteiger partial charge is 0.266 e. The summed E-state index contributed by atoms with van der Waals surface area (Å²) in [5.41, 5.74) is 11.8. The average molecular weight is 913 g/mol. The fourth-order valence-corrected chi connectivity index (χ4v) is 11.6. The summed E-state index contributed by atoms with van der Waals surface area (Å²) in [5, 5.41) is 27.0. The van der Waals surface area contributed by atoms with Crippen LogP contribution < -0.4 is 9.80 Å². The van der Waals surface area contributed by atoms with Crippen LogP contribution in [0.15, 0.2) is 96.6 Å². The maximum Gasteiger partial charge on any atom is 0.266 e. The highest BCUT2D eigenvalue weighted by molar-refractivity contribution is 6.37. The molecule has 0 spiro atoms. The number of nitrogens with zero attached hydrogens (tertiary/aromatic N) is 2. The first-order valence-electron chi connectivity index (χ1n) is 24.4. The first-order valence-corrected chi connectivity index (χ1v) is 24.4. The summed E-state index contributed by atoms with van der Waals surface area (Å²) in [5.74, 6) is -0.873. The Kier molecular flexibility index (Phi) is 10.2. The number of amides is 4. The molecule has 2 heterocycles. The largest absolute Gasteiger partial charge is 0.508 e. The van der Waals surface area contributed by atoms with E-state index in [-0.39, 0.29) is 70.6 Å². The molecular formula is C61H56N2O6. The van der Waals surface area contributed by atoms with E-state index in [1.807, 2.05) is 79.7 Å². The first-order chi connectivity index (χ1) is 32.9. The summed E-state index contributed by atoms with van der Waals surface area (Å²) >= 11 is 0. The minimum Gasteiger partial charge on any atom is -0.508 e. The molecule has 4 aliphatic rings. The van der Waals surface area contributed by atoms with Crippen LogP contribution in [0.1, 0.15) is 184 Å². The number of anilines is 2. The van der Waals surface area contributed by atoms with Crippen molar-refractivity contribution in [3.05, 3.63) is 163 Å². The number of carbonyl (C=O) groups is 4. The number of hydrogen-bond donors (Lipinski definition) is 2. The predicted octanol–water partition coefficient (Wildman–Crippen LogP) is 14.4. The second-order valence-electron chi connectivity index (χ2n) is 21.2. The molecule has 0 radical (unpaired) electrons. The molecule has 0 fully saturated rings. The molecule has 0 saturated carbocycles. The van der Waals surface area contributed by atoms with Gasteiger partial charge in [-0.2, -0.15) is 0 Å². The third kappa shape index (κ3) is 6.93. The van der Waals surface area contributed by atoms with Crippen LogP contribution in [0.2, 0.25) is 0 Å². The van der Waals surface area contributed by atoms with E-state index < -0.39 is 0 Å². The molecule has 0 saturated heterocycles. The highest BCUT2D eigenvalue weighted by atomic mass is 16.3. The van der Waals surface area contributed by atoms with E-state index in [0.29, 0.717) is 33.6 Å². The molecule has 4 amide bonds. The zero-order valence-electron chi connectivity index (χ0n) is 40.6. The first kappa shape index (κ1) is 44.2. The lowest BCUT2D eigenvalue weighted by Crippen LogP contribution is -2.31. The number of imide groups is 2. The fourth-order valence-electron chi connectivity index (χ4n) is 11.6. The van der Waals surface area contributed by atoms with Gasteiger partial charge in [0.05, 0.1) is 33.6 Å². The van der Waals surface area contributed by atoms with Crippen molar-refractivity contribution < 1.29 is 29.4 Å². The van der Waals surface area contributed by atoms with Gasteiger partial charge in [0.1, 0.15) is 11.5 Å². The maximum absolute atomic E-state index is 14.3. The number of phenolic OH excluding ortho intramolecular Hbond substituents is 2. The van der Waals surface area contributed by atoms with Crippen molar-refractivity contribution in [2.75, 3.05) is 9.80 Å². The van der Waals surface area contributed by atoms with Gasteiger partial charge in [0.15, 0.2) is 0 Å². The van der Waals surface area contributed by atoms with Crippen LogP contribution in [0.3, 0.4) is 0 Å². The summed E-state index contributed by atoms with van der Waals surface area (Å²) in [6.45, 7) is 18.3. The van der Waals surface area contributed by atoms with Gasteiger partial charge in [0, 0.05) is 5.92 Å². The SMILES string of the molecule is CC(C)c1cc(O)cc(C(C)C)c1N1C(=O)c2cc3cc4c(cc3cc2C1=O)CC1/C=C\c2cc3cc5cc6c(cc5cc3cc2C(C)CC1=C4)C(=O)N(c1c(C(C)C)cc(O)cc1C(C)C)C6=O. The molecule has 2 N–H and O–H groups in total. The average Bonchev–Trinajstić information content (AvgIpc) is 3.68. The predicted molar refractivity (Wildman–Crippen MR) is 277 cm³/mol. The van der Waals surface area contributed by atoms with Gasteiger partial charge >= 0.3 is 0 Å². The maximum atomic E-state index is 14.3. The van der Waals surface area contributed by atoms with Crippen LogP contribution in [0.5, 0.6) is 11.5 Å². The van der Waals surface area contributed by atoms with Gasteiger partial charge in [-0.1, -0.05) is 98.2 Å². The molecule has 2 atom stereocenters. The number of fused-ring (bicyclic) bond motifs is 8. The second-order valence-corrected chi connectivity index (χ2v) is 21.2. The Morgan fingerprint density at radius 1 is 0.464 bits per heavy atom. The molecule has 7 aromatic rings. The Hall–Kier alpha value is -7.32. The van der Waals surface area contributed by atoms with Gasteiger partial charge in [-0.15, -0.1) is 0 Å². The third-order valence-corrected chi connectivity index (χ3v) is 15.2. The normalized spacial score (nSPS) is 18.1. The minimum atomic E-state index is -0.350.